The number of anilines is 2. The Balaban J connectivity index is 2.04. The lowest BCUT2D eigenvalue weighted by Gasteiger charge is -2.06. The minimum atomic E-state index is -3.85. The summed E-state index contributed by atoms with van der Waals surface area (Å²) in [5, 5.41) is 7.54. The summed E-state index contributed by atoms with van der Waals surface area (Å²) < 4.78 is 25.0. The lowest BCUT2D eigenvalue weighted by atomic mass is 10.2. The van der Waals surface area contributed by atoms with Crippen LogP contribution in [0.1, 0.15) is 5.56 Å². The molecule has 0 aliphatic rings. The fraction of sp³-hybridized carbons (Fsp3) is 0. The van der Waals surface area contributed by atoms with Crippen molar-refractivity contribution in [3.63, 3.8) is 0 Å². The van der Waals surface area contributed by atoms with E-state index in [1.807, 2.05) is 24.3 Å². The Morgan fingerprint density at radius 2 is 1.78 bits per heavy atom. The number of halogens is 1. The monoisotopic (exact) mass is 395 g/mol. The zero-order chi connectivity index (χ0) is 16.9. The van der Waals surface area contributed by atoms with Gasteiger partial charge in [0.2, 0.25) is 5.91 Å². The van der Waals surface area contributed by atoms with Crippen LogP contribution in [0.15, 0.2) is 59.1 Å². The van der Waals surface area contributed by atoms with Crippen LogP contribution in [-0.2, 0) is 15.0 Å². The first-order valence-electron chi connectivity index (χ1n) is 6.47. The Morgan fingerprint density at radius 1 is 1.09 bits per heavy atom. The van der Waals surface area contributed by atoms with Gasteiger partial charge in [-0.15, -0.1) is 0 Å². The number of benzene rings is 2. The second kappa shape index (κ2) is 7.40. The van der Waals surface area contributed by atoms with E-state index in [1.165, 1.54) is 18.2 Å². The third-order valence-electron chi connectivity index (χ3n) is 2.67. The van der Waals surface area contributed by atoms with E-state index >= 15 is 0 Å². The molecule has 0 aromatic heterocycles. The van der Waals surface area contributed by atoms with Gasteiger partial charge in [-0.1, -0.05) is 34.1 Å². The summed E-state index contributed by atoms with van der Waals surface area (Å²) in [5.41, 5.74) is 1.59. The van der Waals surface area contributed by atoms with Crippen LogP contribution in [0.5, 0.6) is 0 Å². The van der Waals surface area contributed by atoms with Gasteiger partial charge in [0.25, 0.3) is 10.2 Å². The topological polar surface area (TPSA) is 101 Å². The number of carbonyl (C=O) groups excluding carboxylic acids is 1. The molecule has 1 amide bonds. The summed E-state index contributed by atoms with van der Waals surface area (Å²) in [4.78, 5) is 11.9. The van der Waals surface area contributed by atoms with Gasteiger partial charge in [-0.3, -0.25) is 9.52 Å². The average Bonchev–Trinajstić information content (AvgIpc) is 2.44. The number of amides is 1. The maximum Gasteiger partial charge on any atom is 0.296 e. The molecule has 0 atom stereocenters. The Hall–Kier alpha value is -2.16. The van der Waals surface area contributed by atoms with Gasteiger partial charge < -0.3 is 5.32 Å². The highest BCUT2D eigenvalue weighted by Gasteiger charge is 2.04. The first-order valence-corrected chi connectivity index (χ1v) is 8.81. The number of carbonyl (C=O) groups is 1. The van der Waals surface area contributed by atoms with Gasteiger partial charge in [-0.05, 0) is 42.0 Å². The number of hydrogen-bond donors (Lipinski definition) is 3. The van der Waals surface area contributed by atoms with Crippen molar-refractivity contribution in [1.82, 2.24) is 0 Å². The molecule has 0 spiro atoms. The summed E-state index contributed by atoms with van der Waals surface area (Å²) >= 11 is 3.35. The van der Waals surface area contributed by atoms with Crippen molar-refractivity contribution in [1.29, 1.82) is 0 Å². The second-order valence-corrected chi connectivity index (χ2v) is 6.82. The van der Waals surface area contributed by atoms with Crippen LogP contribution < -0.4 is 15.2 Å². The minimum Gasteiger partial charge on any atom is -0.322 e. The predicted molar refractivity (Wildman–Crippen MR) is 95.0 cm³/mol. The van der Waals surface area contributed by atoms with E-state index in [0.717, 1.165) is 10.0 Å². The van der Waals surface area contributed by atoms with Crippen molar-refractivity contribution >= 4 is 49.5 Å². The Labute approximate surface area is 142 Å². The van der Waals surface area contributed by atoms with Gasteiger partial charge >= 0.3 is 0 Å². The maximum absolute atomic E-state index is 11.9. The summed E-state index contributed by atoms with van der Waals surface area (Å²) in [6.45, 7) is 0. The number of hydrogen-bond acceptors (Lipinski definition) is 3. The molecule has 0 heterocycles. The fourth-order valence-electron chi connectivity index (χ4n) is 1.79. The molecule has 0 aliphatic heterocycles. The molecule has 0 saturated carbocycles. The second-order valence-electron chi connectivity index (χ2n) is 4.61. The van der Waals surface area contributed by atoms with Crippen molar-refractivity contribution in [2.24, 2.45) is 5.14 Å². The van der Waals surface area contributed by atoms with E-state index in [9.17, 15) is 13.2 Å². The molecular formula is C15H14BrN3O3S. The van der Waals surface area contributed by atoms with Crippen LogP contribution in [0.3, 0.4) is 0 Å². The van der Waals surface area contributed by atoms with Gasteiger partial charge in [-0.25, -0.2) is 5.14 Å². The van der Waals surface area contributed by atoms with Crippen LogP contribution in [-0.4, -0.2) is 14.3 Å². The molecular weight excluding hydrogens is 382 g/mol. The van der Waals surface area contributed by atoms with E-state index < -0.39 is 10.2 Å². The first kappa shape index (κ1) is 17.2. The summed E-state index contributed by atoms with van der Waals surface area (Å²) in [6, 6.07) is 13.7. The van der Waals surface area contributed by atoms with Gasteiger partial charge in [0, 0.05) is 16.2 Å². The van der Waals surface area contributed by atoms with E-state index in [0.29, 0.717) is 5.69 Å². The zero-order valence-corrected chi connectivity index (χ0v) is 14.3. The molecule has 6 nitrogen and oxygen atoms in total. The van der Waals surface area contributed by atoms with Crippen LogP contribution >= 0.6 is 15.9 Å². The highest BCUT2D eigenvalue weighted by atomic mass is 79.9. The fourth-order valence-corrected chi connectivity index (χ4v) is 2.66. The Kier molecular flexibility index (Phi) is 5.54. The van der Waals surface area contributed by atoms with Crippen LogP contribution in [0.25, 0.3) is 6.08 Å². The number of nitrogens with two attached hydrogens (primary N) is 1. The lowest BCUT2D eigenvalue weighted by Crippen LogP contribution is -2.21. The highest BCUT2D eigenvalue weighted by molar-refractivity contribution is 9.10. The van der Waals surface area contributed by atoms with Crippen molar-refractivity contribution in [2.75, 3.05) is 10.0 Å². The van der Waals surface area contributed by atoms with Crippen molar-refractivity contribution in [2.45, 2.75) is 0 Å². The number of rotatable bonds is 5. The Bertz CT molecular complexity index is 851. The van der Waals surface area contributed by atoms with Crippen molar-refractivity contribution < 1.29 is 13.2 Å². The molecule has 4 N–H and O–H groups in total. The van der Waals surface area contributed by atoms with E-state index in [2.05, 4.69) is 26.0 Å². The highest BCUT2D eigenvalue weighted by Crippen LogP contribution is 2.16. The zero-order valence-electron chi connectivity index (χ0n) is 11.9. The molecule has 2 rings (SSSR count). The molecule has 0 radical (unpaired) electrons. The third-order valence-corrected chi connectivity index (χ3v) is 3.68. The van der Waals surface area contributed by atoms with E-state index in [4.69, 9.17) is 5.14 Å². The van der Waals surface area contributed by atoms with Gasteiger partial charge in [0.15, 0.2) is 0 Å². The van der Waals surface area contributed by atoms with E-state index in [1.54, 1.807) is 18.2 Å². The molecule has 0 fully saturated rings. The largest absolute Gasteiger partial charge is 0.322 e. The predicted octanol–water partition coefficient (Wildman–Crippen LogP) is 2.72. The molecule has 120 valence electrons. The van der Waals surface area contributed by atoms with Gasteiger partial charge in [0.05, 0.1) is 5.69 Å². The SMILES string of the molecule is NS(=O)(=O)Nc1cccc(NC(=O)C=Cc2cccc(Br)c2)c1. The number of nitrogens with one attached hydrogen (secondary N) is 2. The average molecular weight is 396 g/mol. The molecule has 0 saturated heterocycles. The quantitative estimate of drug-likeness (QED) is 0.678. The van der Waals surface area contributed by atoms with Crippen LogP contribution in [0.4, 0.5) is 11.4 Å². The van der Waals surface area contributed by atoms with Crippen LogP contribution in [0, 0.1) is 0 Å². The van der Waals surface area contributed by atoms with Gasteiger partial charge in [0.1, 0.15) is 0 Å². The molecule has 23 heavy (non-hydrogen) atoms. The molecule has 2 aromatic carbocycles. The summed E-state index contributed by atoms with van der Waals surface area (Å²) in [5.74, 6) is -0.335. The summed E-state index contributed by atoms with van der Waals surface area (Å²) in [7, 11) is -3.85. The first-order chi connectivity index (χ1) is 10.8. The van der Waals surface area contributed by atoms with E-state index in [-0.39, 0.29) is 11.6 Å². The maximum atomic E-state index is 11.9. The van der Waals surface area contributed by atoms with Crippen molar-refractivity contribution in [3.8, 4) is 0 Å². The minimum absolute atomic E-state index is 0.265. The molecule has 0 aliphatic carbocycles. The molecule has 0 unspecified atom stereocenters. The molecule has 8 heteroatoms. The Morgan fingerprint density at radius 3 is 2.48 bits per heavy atom. The standard InChI is InChI=1S/C15H14BrN3O3S/c16-12-4-1-3-11(9-12)7-8-15(20)18-13-5-2-6-14(10-13)19-23(17,21)22/h1-10,19H,(H,18,20)(H2,17,21,22). The lowest BCUT2D eigenvalue weighted by molar-refractivity contribution is -0.111. The molecule has 0 bridgehead atoms. The summed E-state index contributed by atoms with van der Waals surface area (Å²) in [6.07, 6.45) is 3.06. The van der Waals surface area contributed by atoms with Crippen LogP contribution in [0.2, 0.25) is 0 Å². The van der Waals surface area contributed by atoms with Gasteiger partial charge in [-0.2, -0.15) is 8.42 Å². The van der Waals surface area contributed by atoms with Crippen molar-refractivity contribution in [3.05, 3.63) is 64.6 Å². The molecule has 2 aromatic rings. The normalized spacial score (nSPS) is 11.4. The third kappa shape index (κ3) is 6.23. The smallest absolute Gasteiger partial charge is 0.296 e.